The molecule has 74 valence electrons. The molecule has 0 bridgehead atoms. The second-order valence-corrected chi connectivity index (χ2v) is 2.59. The van der Waals surface area contributed by atoms with E-state index in [-0.39, 0.29) is 5.46 Å². The van der Waals surface area contributed by atoms with Crippen LogP contribution in [0.3, 0.4) is 0 Å². The average Bonchev–Trinajstić information content (AvgIpc) is 2.05. The zero-order valence-corrected chi connectivity index (χ0v) is 6.94. The molecule has 0 N–H and O–H groups in total. The van der Waals surface area contributed by atoms with Gasteiger partial charge in [-0.3, -0.25) is 0 Å². The molecule has 14 heavy (non-hydrogen) atoms. The fourth-order valence-electron chi connectivity index (χ4n) is 0.790. The Kier molecular flexibility index (Phi) is 3.03. The Labute approximate surface area is 79.1 Å². The van der Waals surface area contributed by atoms with E-state index in [4.69, 9.17) is 7.85 Å². The molecule has 1 rings (SSSR count). The molecule has 0 aliphatic carbocycles. The number of rotatable bonds is 2. The highest BCUT2D eigenvalue weighted by Crippen LogP contribution is 2.19. The SMILES string of the molecule is [B]c1ccc(F)c(OCC(F)(F)F)c1. The summed E-state index contributed by atoms with van der Waals surface area (Å²) in [5.41, 5.74) is 0.142. The predicted molar refractivity (Wildman–Crippen MR) is 43.3 cm³/mol. The van der Waals surface area contributed by atoms with Gasteiger partial charge in [-0.1, -0.05) is 11.5 Å². The molecular weight excluding hydrogens is 199 g/mol. The molecule has 0 saturated carbocycles. The highest BCUT2D eigenvalue weighted by molar-refractivity contribution is 6.32. The molecule has 0 fully saturated rings. The summed E-state index contributed by atoms with van der Waals surface area (Å²) in [4.78, 5) is 0. The highest BCUT2D eigenvalue weighted by Gasteiger charge is 2.28. The maximum atomic E-state index is 12.8. The number of hydrogen-bond acceptors (Lipinski definition) is 1. The Balaban J connectivity index is 2.72. The molecule has 0 atom stereocenters. The minimum Gasteiger partial charge on any atom is -0.481 e. The number of halogens is 4. The van der Waals surface area contributed by atoms with Gasteiger partial charge in [0.2, 0.25) is 0 Å². The van der Waals surface area contributed by atoms with E-state index in [2.05, 4.69) is 4.74 Å². The van der Waals surface area contributed by atoms with E-state index in [0.717, 1.165) is 12.1 Å². The van der Waals surface area contributed by atoms with E-state index in [1.54, 1.807) is 0 Å². The quantitative estimate of drug-likeness (QED) is 0.524. The standard InChI is InChI=1S/C8H5BF4O/c9-5-1-2-6(10)7(3-5)14-4-8(11,12)13/h1-3H,4H2. The van der Waals surface area contributed by atoms with Crippen LogP contribution in [0.5, 0.6) is 5.75 Å². The van der Waals surface area contributed by atoms with Crippen LogP contribution in [0, 0.1) is 5.82 Å². The summed E-state index contributed by atoms with van der Waals surface area (Å²) in [7, 11) is 5.24. The molecule has 0 unspecified atom stereocenters. The van der Waals surface area contributed by atoms with Crippen molar-refractivity contribution in [2.45, 2.75) is 6.18 Å². The van der Waals surface area contributed by atoms with E-state index in [9.17, 15) is 17.6 Å². The molecule has 0 aliphatic rings. The van der Waals surface area contributed by atoms with Gasteiger partial charge in [0.25, 0.3) is 0 Å². The Morgan fingerprint density at radius 1 is 1.29 bits per heavy atom. The smallest absolute Gasteiger partial charge is 0.422 e. The van der Waals surface area contributed by atoms with E-state index in [1.165, 1.54) is 6.07 Å². The number of hydrogen-bond donors (Lipinski definition) is 0. The topological polar surface area (TPSA) is 9.23 Å². The van der Waals surface area contributed by atoms with Crippen molar-refractivity contribution >= 4 is 13.3 Å². The van der Waals surface area contributed by atoms with Crippen LogP contribution in [0.15, 0.2) is 18.2 Å². The molecule has 0 spiro atoms. The summed E-state index contributed by atoms with van der Waals surface area (Å²) in [6.45, 7) is -1.53. The fourth-order valence-corrected chi connectivity index (χ4v) is 0.790. The van der Waals surface area contributed by atoms with Gasteiger partial charge in [-0.2, -0.15) is 13.2 Å². The van der Waals surface area contributed by atoms with Crippen LogP contribution >= 0.6 is 0 Å². The lowest BCUT2D eigenvalue weighted by atomic mass is 9.96. The van der Waals surface area contributed by atoms with Gasteiger partial charge in [0.15, 0.2) is 18.2 Å². The molecule has 0 heterocycles. The molecule has 6 heteroatoms. The zero-order valence-electron chi connectivity index (χ0n) is 6.94. The van der Waals surface area contributed by atoms with Crippen molar-refractivity contribution in [1.82, 2.24) is 0 Å². The second-order valence-electron chi connectivity index (χ2n) is 2.59. The highest BCUT2D eigenvalue weighted by atomic mass is 19.4. The van der Waals surface area contributed by atoms with Gasteiger partial charge in [0.1, 0.15) is 7.85 Å². The van der Waals surface area contributed by atoms with Crippen molar-refractivity contribution in [2.24, 2.45) is 0 Å². The predicted octanol–water partition coefficient (Wildman–Crippen LogP) is 1.56. The van der Waals surface area contributed by atoms with E-state index in [1.807, 2.05) is 0 Å². The second kappa shape index (κ2) is 3.90. The summed E-state index contributed by atoms with van der Waals surface area (Å²) in [5.74, 6) is -1.37. The molecule has 1 nitrogen and oxygen atoms in total. The van der Waals surface area contributed by atoms with Gasteiger partial charge in [-0.05, 0) is 12.1 Å². The number of benzene rings is 1. The minimum atomic E-state index is -4.49. The maximum absolute atomic E-state index is 12.8. The van der Waals surface area contributed by atoms with Crippen LogP contribution in [-0.4, -0.2) is 20.6 Å². The van der Waals surface area contributed by atoms with Crippen molar-refractivity contribution in [3.05, 3.63) is 24.0 Å². The first-order valence-electron chi connectivity index (χ1n) is 3.63. The summed E-state index contributed by atoms with van der Waals surface area (Å²) < 4.78 is 52.1. The average molecular weight is 204 g/mol. The third-order valence-electron chi connectivity index (χ3n) is 1.35. The Bertz CT molecular complexity index is 324. The van der Waals surface area contributed by atoms with Crippen molar-refractivity contribution in [2.75, 3.05) is 6.61 Å². The van der Waals surface area contributed by atoms with E-state index < -0.39 is 24.3 Å². The number of ether oxygens (including phenoxy) is 1. The normalized spacial score (nSPS) is 11.4. The molecule has 0 saturated heterocycles. The summed E-state index contributed by atoms with van der Waals surface area (Å²) in [5, 5.41) is 0. The maximum Gasteiger partial charge on any atom is 0.422 e. The first-order valence-corrected chi connectivity index (χ1v) is 3.63. The molecule has 0 amide bonds. The van der Waals surface area contributed by atoms with Gasteiger partial charge >= 0.3 is 6.18 Å². The van der Waals surface area contributed by atoms with E-state index in [0.29, 0.717) is 0 Å². The number of alkyl halides is 3. The van der Waals surface area contributed by atoms with Crippen LogP contribution in [0.1, 0.15) is 0 Å². The van der Waals surface area contributed by atoms with Gasteiger partial charge in [0.05, 0.1) is 0 Å². The van der Waals surface area contributed by atoms with Crippen LogP contribution in [-0.2, 0) is 0 Å². The van der Waals surface area contributed by atoms with Crippen LogP contribution in [0.2, 0.25) is 0 Å². The Morgan fingerprint density at radius 2 is 1.93 bits per heavy atom. The lowest BCUT2D eigenvalue weighted by molar-refractivity contribution is -0.153. The van der Waals surface area contributed by atoms with Crippen LogP contribution in [0.4, 0.5) is 17.6 Å². The minimum absolute atomic E-state index is 0.142. The Morgan fingerprint density at radius 3 is 2.50 bits per heavy atom. The lowest BCUT2D eigenvalue weighted by Gasteiger charge is -2.10. The first-order chi connectivity index (χ1) is 6.38. The van der Waals surface area contributed by atoms with Gasteiger partial charge in [-0.25, -0.2) is 4.39 Å². The molecule has 2 radical (unpaired) electrons. The van der Waals surface area contributed by atoms with Gasteiger partial charge < -0.3 is 4.74 Å². The molecule has 0 aliphatic heterocycles. The third kappa shape index (κ3) is 3.28. The monoisotopic (exact) mass is 204 g/mol. The first kappa shape index (κ1) is 10.9. The van der Waals surface area contributed by atoms with Crippen molar-refractivity contribution in [3.8, 4) is 5.75 Å². The van der Waals surface area contributed by atoms with Crippen molar-refractivity contribution in [1.29, 1.82) is 0 Å². The molecule has 1 aromatic rings. The largest absolute Gasteiger partial charge is 0.481 e. The molecule has 1 aromatic carbocycles. The molecular formula is C8H5BF4O. The van der Waals surface area contributed by atoms with Crippen LogP contribution < -0.4 is 10.2 Å². The molecule has 0 aromatic heterocycles. The van der Waals surface area contributed by atoms with E-state index >= 15 is 0 Å². The zero-order chi connectivity index (χ0) is 10.8. The van der Waals surface area contributed by atoms with Crippen LogP contribution in [0.25, 0.3) is 0 Å². The van der Waals surface area contributed by atoms with Gasteiger partial charge in [0, 0.05) is 0 Å². The third-order valence-corrected chi connectivity index (χ3v) is 1.35. The van der Waals surface area contributed by atoms with Crippen molar-refractivity contribution in [3.63, 3.8) is 0 Å². The summed E-state index contributed by atoms with van der Waals surface area (Å²) in [6, 6.07) is 3.18. The lowest BCUT2D eigenvalue weighted by Crippen LogP contribution is -2.20. The Hall–Kier alpha value is -1.20. The fraction of sp³-hybridized carbons (Fsp3) is 0.250. The summed E-state index contributed by atoms with van der Waals surface area (Å²) >= 11 is 0. The van der Waals surface area contributed by atoms with Crippen molar-refractivity contribution < 1.29 is 22.3 Å². The summed E-state index contributed by atoms with van der Waals surface area (Å²) in [6.07, 6.45) is -4.49. The van der Waals surface area contributed by atoms with Gasteiger partial charge in [-0.15, -0.1) is 0 Å².